The minimum absolute atomic E-state index is 0.00940. The Hall–Kier alpha value is -2.55. The van der Waals surface area contributed by atoms with Crippen LogP contribution >= 0.6 is 11.8 Å². The molecule has 3 N–H and O–H groups in total. The number of nitro groups is 1. The van der Waals surface area contributed by atoms with Crippen LogP contribution in [0.2, 0.25) is 0 Å². The van der Waals surface area contributed by atoms with Gasteiger partial charge in [0, 0.05) is 23.9 Å². The van der Waals surface area contributed by atoms with Gasteiger partial charge in [0.05, 0.1) is 10.6 Å². The fourth-order valence-corrected chi connectivity index (χ4v) is 3.53. The number of nitrogens with zero attached hydrogens (tertiary/aromatic N) is 1. The van der Waals surface area contributed by atoms with Gasteiger partial charge in [-0.2, -0.15) is 11.8 Å². The van der Waals surface area contributed by atoms with E-state index in [-0.39, 0.29) is 34.5 Å². The van der Waals surface area contributed by atoms with Crippen molar-refractivity contribution in [3.63, 3.8) is 0 Å². The fourth-order valence-electron chi connectivity index (χ4n) is 2.37. The summed E-state index contributed by atoms with van der Waals surface area (Å²) >= 11 is 1.76. The van der Waals surface area contributed by atoms with E-state index < -0.39 is 15.8 Å². The number of aromatic hydroxyl groups is 1. The number of hydrogen-bond donors (Lipinski definition) is 3. The molecular formula is C14H13N3O5S. The summed E-state index contributed by atoms with van der Waals surface area (Å²) in [5.41, 5.74) is -1.34. The summed E-state index contributed by atoms with van der Waals surface area (Å²) < 4.78 is 0. The first kappa shape index (κ1) is 15.3. The van der Waals surface area contributed by atoms with Gasteiger partial charge in [0.15, 0.2) is 0 Å². The average Bonchev–Trinajstić information content (AvgIpc) is 3.04. The Kier molecular flexibility index (Phi) is 3.95. The molecule has 0 bridgehead atoms. The van der Waals surface area contributed by atoms with E-state index in [1.807, 2.05) is 0 Å². The molecule has 1 fully saturated rings. The Morgan fingerprint density at radius 2 is 2.00 bits per heavy atom. The summed E-state index contributed by atoms with van der Waals surface area (Å²) in [7, 11) is 0. The van der Waals surface area contributed by atoms with E-state index in [0.29, 0.717) is 0 Å². The summed E-state index contributed by atoms with van der Waals surface area (Å²) in [6.07, 6.45) is 0.894. The second kappa shape index (κ2) is 5.92. The zero-order valence-electron chi connectivity index (χ0n) is 11.9. The molecule has 0 amide bonds. The molecule has 3 rings (SSSR count). The van der Waals surface area contributed by atoms with Crippen molar-refractivity contribution in [3.8, 4) is 5.75 Å². The molecule has 0 unspecified atom stereocenters. The maximum atomic E-state index is 11.7. The molecule has 1 atom stereocenters. The lowest BCUT2D eigenvalue weighted by atomic mass is 10.1. The Bertz CT molecular complexity index is 837. The molecule has 23 heavy (non-hydrogen) atoms. The summed E-state index contributed by atoms with van der Waals surface area (Å²) in [4.78, 5) is 33.7. The van der Waals surface area contributed by atoms with Crippen molar-refractivity contribution in [1.82, 2.24) is 0 Å². The Morgan fingerprint density at radius 3 is 2.65 bits per heavy atom. The van der Waals surface area contributed by atoms with Crippen LogP contribution < -0.4 is 21.5 Å². The van der Waals surface area contributed by atoms with E-state index in [1.54, 1.807) is 11.8 Å². The van der Waals surface area contributed by atoms with Crippen LogP contribution in [0, 0.1) is 10.1 Å². The molecule has 1 heterocycles. The van der Waals surface area contributed by atoms with Gasteiger partial charge in [-0.15, -0.1) is 0 Å². The second-order valence-electron chi connectivity index (χ2n) is 5.20. The van der Waals surface area contributed by atoms with Gasteiger partial charge in [0.2, 0.25) is 0 Å². The first-order valence-electron chi connectivity index (χ1n) is 6.89. The summed E-state index contributed by atoms with van der Waals surface area (Å²) in [5.74, 6) is 1.59. The van der Waals surface area contributed by atoms with Crippen molar-refractivity contribution in [2.24, 2.45) is 0 Å². The molecule has 9 heteroatoms. The standard InChI is InChI=1S/C14H13N3O5S/c18-10-2-1-8(17(21)22)5-9(10)16-12-11(13(19)14(12)20)15-7-3-4-23-6-7/h1-2,5,7,15-16,18H,3-4,6H2/t7-/m0/s1. The number of hydrogen-bond acceptors (Lipinski definition) is 8. The van der Waals surface area contributed by atoms with E-state index in [2.05, 4.69) is 10.6 Å². The minimum Gasteiger partial charge on any atom is -0.506 e. The Labute approximate surface area is 134 Å². The zero-order chi connectivity index (χ0) is 16.6. The van der Waals surface area contributed by atoms with Crippen molar-refractivity contribution < 1.29 is 10.0 Å². The van der Waals surface area contributed by atoms with E-state index in [1.165, 1.54) is 0 Å². The van der Waals surface area contributed by atoms with Gasteiger partial charge in [0.25, 0.3) is 16.5 Å². The number of nitro benzene ring substituents is 1. The fraction of sp³-hybridized carbons (Fsp3) is 0.286. The molecule has 1 saturated heterocycles. The Balaban J connectivity index is 1.87. The van der Waals surface area contributed by atoms with Crippen molar-refractivity contribution >= 4 is 34.5 Å². The molecule has 0 radical (unpaired) electrons. The van der Waals surface area contributed by atoms with Crippen LogP contribution in [0.1, 0.15) is 6.42 Å². The smallest absolute Gasteiger partial charge is 0.271 e. The highest BCUT2D eigenvalue weighted by molar-refractivity contribution is 7.99. The van der Waals surface area contributed by atoms with Gasteiger partial charge in [-0.05, 0) is 18.2 Å². The SMILES string of the molecule is O=c1c(Nc2cc([N+](=O)[O-])ccc2O)c(N[C@H]2CCSC2)c1=O. The largest absolute Gasteiger partial charge is 0.506 e. The predicted octanol–water partition coefficient (Wildman–Crippen LogP) is 1.56. The number of phenols is 1. The van der Waals surface area contributed by atoms with E-state index in [0.717, 1.165) is 36.1 Å². The lowest BCUT2D eigenvalue weighted by Crippen LogP contribution is -2.39. The van der Waals surface area contributed by atoms with Crippen molar-refractivity contribution in [1.29, 1.82) is 0 Å². The van der Waals surface area contributed by atoms with E-state index in [4.69, 9.17) is 0 Å². The van der Waals surface area contributed by atoms with Crippen LogP contribution in [-0.4, -0.2) is 27.6 Å². The van der Waals surface area contributed by atoms with Crippen LogP contribution in [0.5, 0.6) is 5.75 Å². The molecule has 0 saturated carbocycles. The topological polar surface area (TPSA) is 122 Å². The first-order valence-corrected chi connectivity index (χ1v) is 8.05. The highest BCUT2D eigenvalue weighted by Crippen LogP contribution is 2.32. The Morgan fingerprint density at radius 1 is 1.26 bits per heavy atom. The van der Waals surface area contributed by atoms with Gasteiger partial charge < -0.3 is 15.7 Å². The van der Waals surface area contributed by atoms with Crippen molar-refractivity contribution in [2.45, 2.75) is 12.5 Å². The molecule has 0 aromatic heterocycles. The molecule has 2 aromatic carbocycles. The maximum Gasteiger partial charge on any atom is 0.271 e. The van der Waals surface area contributed by atoms with Gasteiger partial charge in [-0.25, -0.2) is 0 Å². The highest BCUT2D eigenvalue weighted by atomic mass is 32.2. The molecule has 120 valence electrons. The first-order chi connectivity index (χ1) is 11.0. The lowest BCUT2D eigenvalue weighted by molar-refractivity contribution is -0.384. The third-order valence-corrected chi connectivity index (χ3v) is 4.80. The molecule has 0 spiro atoms. The zero-order valence-corrected chi connectivity index (χ0v) is 12.7. The quantitative estimate of drug-likeness (QED) is 0.326. The van der Waals surface area contributed by atoms with Gasteiger partial charge in [-0.1, -0.05) is 0 Å². The van der Waals surface area contributed by atoms with Crippen LogP contribution in [0.25, 0.3) is 0 Å². The molecule has 8 nitrogen and oxygen atoms in total. The second-order valence-corrected chi connectivity index (χ2v) is 6.35. The number of phenolic OH excluding ortho intramolecular Hbond substituents is 1. The third kappa shape index (κ3) is 2.87. The van der Waals surface area contributed by atoms with Crippen LogP contribution in [0.3, 0.4) is 0 Å². The number of anilines is 3. The molecule has 2 aromatic rings. The molecule has 1 aliphatic rings. The monoisotopic (exact) mass is 335 g/mol. The normalized spacial score (nSPS) is 17.3. The maximum absolute atomic E-state index is 11.7. The summed E-state index contributed by atoms with van der Waals surface area (Å²) in [5, 5.41) is 26.2. The number of non-ortho nitro benzene ring substituents is 1. The van der Waals surface area contributed by atoms with Crippen LogP contribution in [0.15, 0.2) is 27.8 Å². The summed E-state index contributed by atoms with van der Waals surface area (Å²) in [6.45, 7) is 0. The number of thioether (sulfide) groups is 1. The number of benzene rings is 1. The van der Waals surface area contributed by atoms with Gasteiger partial charge in [0.1, 0.15) is 17.1 Å². The van der Waals surface area contributed by atoms with Gasteiger partial charge in [-0.3, -0.25) is 19.7 Å². The molecule has 1 aliphatic heterocycles. The molecule has 0 aliphatic carbocycles. The van der Waals surface area contributed by atoms with E-state index in [9.17, 15) is 24.8 Å². The average molecular weight is 335 g/mol. The third-order valence-electron chi connectivity index (χ3n) is 3.64. The summed E-state index contributed by atoms with van der Waals surface area (Å²) in [6, 6.07) is 3.54. The predicted molar refractivity (Wildman–Crippen MR) is 88.8 cm³/mol. The van der Waals surface area contributed by atoms with Gasteiger partial charge >= 0.3 is 0 Å². The van der Waals surface area contributed by atoms with E-state index >= 15 is 0 Å². The lowest BCUT2D eigenvalue weighted by Gasteiger charge is -2.18. The number of rotatable bonds is 5. The molecular weight excluding hydrogens is 322 g/mol. The minimum atomic E-state index is -0.705. The van der Waals surface area contributed by atoms with Crippen LogP contribution in [0.4, 0.5) is 22.7 Å². The highest BCUT2D eigenvalue weighted by Gasteiger charge is 2.26. The van der Waals surface area contributed by atoms with Crippen LogP contribution in [-0.2, 0) is 0 Å². The number of nitrogens with one attached hydrogen (secondary N) is 2. The van der Waals surface area contributed by atoms with Crippen molar-refractivity contribution in [3.05, 3.63) is 48.8 Å². The van der Waals surface area contributed by atoms with Crippen molar-refractivity contribution in [2.75, 3.05) is 22.1 Å².